The highest BCUT2D eigenvalue weighted by atomic mass is 35.5. The van der Waals surface area contributed by atoms with Crippen molar-refractivity contribution in [3.05, 3.63) is 29.0 Å². The van der Waals surface area contributed by atoms with Gasteiger partial charge in [-0.05, 0) is 23.5 Å². The SMILES string of the molecule is CC(C)(C)C(Cc1ccncc1Cl)C(=O)O. The van der Waals surface area contributed by atoms with E-state index in [0.29, 0.717) is 11.4 Å². The van der Waals surface area contributed by atoms with Gasteiger partial charge in [-0.3, -0.25) is 9.78 Å². The molecular formula is C12H16ClNO2. The first-order valence-corrected chi connectivity index (χ1v) is 5.51. The first-order chi connectivity index (χ1) is 7.32. The molecule has 0 aliphatic heterocycles. The number of hydrogen-bond donors (Lipinski definition) is 1. The zero-order valence-corrected chi connectivity index (χ0v) is 10.5. The lowest BCUT2D eigenvalue weighted by molar-refractivity contribution is -0.145. The van der Waals surface area contributed by atoms with Crippen LogP contribution in [0.3, 0.4) is 0 Å². The molecule has 3 nitrogen and oxygen atoms in total. The van der Waals surface area contributed by atoms with Crippen molar-refractivity contribution in [3.8, 4) is 0 Å². The molecule has 0 spiro atoms. The average Bonchev–Trinajstić information content (AvgIpc) is 2.14. The minimum absolute atomic E-state index is 0.293. The summed E-state index contributed by atoms with van der Waals surface area (Å²) in [7, 11) is 0. The fourth-order valence-electron chi connectivity index (χ4n) is 1.55. The van der Waals surface area contributed by atoms with Gasteiger partial charge in [0.2, 0.25) is 0 Å². The van der Waals surface area contributed by atoms with E-state index in [0.717, 1.165) is 5.56 Å². The Bertz CT molecular complexity index is 385. The number of carboxylic acids is 1. The zero-order chi connectivity index (χ0) is 12.3. The first-order valence-electron chi connectivity index (χ1n) is 5.13. The third-order valence-electron chi connectivity index (χ3n) is 2.62. The van der Waals surface area contributed by atoms with Crippen molar-refractivity contribution in [1.29, 1.82) is 0 Å². The molecule has 1 aromatic rings. The van der Waals surface area contributed by atoms with Crippen molar-refractivity contribution < 1.29 is 9.90 Å². The van der Waals surface area contributed by atoms with Gasteiger partial charge in [0.1, 0.15) is 0 Å². The minimum atomic E-state index is -0.791. The molecule has 0 saturated carbocycles. The summed E-state index contributed by atoms with van der Waals surface area (Å²) in [4.78, 5) is 15.1. The largest absolute Gasteiger partial charge is 0.481 e. The van der Waals surface area contributed by atoms with Crippen LogP contribution in [0.15, 0.2) is 18.5 Å². The van der Waals surface area contributed by atoms with Gasteiger partial charge < -0.3 is 5.11 Å². The molecule has 0 aromatic carbocycles. The number of nitrogens with zero attached hydrogens (tertiary/aromatic N) is 1. The lowest BCUT2D eigenvalue weighted by Gasteiger charge is -2.27. The van der Waals surface area contributed by atoms with E-state index in [2.05, 4.69) is 4.98 Å². The van der Waals surface area contributed by atoms with Gasteiger partial charge in [0.15, 0.2) is 0 Å². The van der Waals surface area contributed by atoms with Gasteiger partial charge in [-0.1, -0.05) is 32.4 Å². The quantitative estimate of drug-likeness (QED) is 0.885. The summed E-state index contributed by atoms with van der Waals surface area (Å²) in [5.41, 5.74) is 0.539. The van der Waals surface area contributed by atoms with E-state index in [-0.39, 0.29) is 5.41 Å². The molecule has 0 fully saturated rings. The molecule has 0 radical (unpaired) electrons. The number of aromatic nitrogens is 1. The summed E-state index contributed by atoms with van der Waals surface area (Å²) in [5.74, 6) is -1.24. The molecule has 1 N–H and O–H groups in total. The molecular weight excluding hydrogens is 226 g/mol. The van der Waals surface area contributed by atoms with Crippen molar-refractivity contribution in [2.24, 2.45) is 11.3 Å². The Hall–Kier alpha value is -1.09. The predicted molar refractivity (Wildman–Crippen MR) is 63.5 cm³/mol. The van der Waals surface area contributed by atoms with E-state index >= 15 is 0 Å². The Morgan fingerprint density at radius 1 is 1.56 bits per heavy atom. The van der Waals surface area contributed by atoms with E-state index in [1.165, 1.54) is 0 Å². The number of pyridine rings is 1. The monoisotopic (exact) mass is 241 g/mol. The molecule has 1 heterocycles. The van der Waals surface area contributed by atoms with E-state index in [4.69, 9.17) is 11.6 Å². The summed E-state index contributed by atoms with van der Waals surface area (Å²) in [5, 5.41) is 9.73. The van der Waals surface area contributed by atoms with Crippen molar-refractivity contribution in [2.45, 2.75) is 27.2 Å². The second kappa shape index (κ2) is 4.83. The van der Waals surface area contributed by atoms with Crippen LogP contribution in [0.4, 0.5) is 0 Å². The van der Waals surface area contributed by atoms with Crippen molar-refractivity contribution >= 4 is 17.6 Å². The summed E-state index contributed by atoms with van der Waals surface area (Å²) < 4.78 is 0. The molecule has 1 aromatic heterocycles. The number of halogens is 1. The fourth-order valence-corrected chi connectivity index (χ4v) is 1.75. The lowest BCUT2D eigenvalue weighted by Crippen LogP contribution is -2.30. The number of hydrogen-bond acceptors (Lipinski definition) is 2. The number of aliphatic carboxylic acids is 1. The number of carboxylic acid groups (broad SMARTS) is 1. The summed E-state index contributed by atoms with van der Waals surface area (Å²) in [6.07, 6.45) is 3.60. The lowest BCUT2D eigenvalue weighted by atomic mass is 9.77. The molecule has 0 aliphatic rings. The van der Waals surface area contributed by atoms with Gasteiger partial charge in [0, 0.05) is 12.4 Å². The highest BCUT2D eigenvalue weighted by Gasteiger charge is 2.31. The average molecular weight is 242 g/mol. The highest BCUT2D eigenvalue weighted by Crippen LogP contribution is 2.30. The van der Waals surface area contributed by atoms with Crippen molar-refractivity contribution in [3.63, 3.8) is 0 Å². The van der Waals surface area contributed by atoms with Gasteiger partial charge in [0.05, 0.1) is 10.9 Å². The van der Waals surface area contributed by atoms with Crippen LogP contribution >= 0.6 is 11.6 Å². The second-order valence-electron chi connectivity index (χ2n) is 4.93. The standard InChI is InChI=1S/C12H16ClNO2/c1-12(2,3)9(11(15)16)6-8-4-5-14-7-10(8)13/h4-5,7,9H,6H2,1-3H3,(H,15,16). The minimum Gasteiger partial charge on any atom is -0.481 e. The van der Waals surface area contributed by atoms with Gasteiger partial charge >= 0.3 is 5.97 Å². The van der Waals surface area contributed by atoms with Crippen LogP contribution in [0.2, 0.25) is 5.02 Å². The summed E-state index contributed by atoms with van der Waals surface area (Å²) in [6.45, 7) is 5.75. The Morgan fingerprint density at radius 3 is 2.62 bits per heavy atom. The third-order valence-corrected chi connectivity index (χ3v) is 2.96. The van der Waals surface area contributed by atoms with E-state index in [1.807, 2.05) is 20.8 Å². The molecule has 0 saturated heterocycles. The second-order valence-corrected chi connectivity index (χ2v) is 5.34. The number of rotatable bonds is 3. The predicted octanol–water partition coefficient (Wildman–Crippen LogP) is 3.02. The van der Waals surface area contributed by atoms with E-state index < -0.39 is 11.9 Å². The van der Waals surface area contributed by atoms with Crippen molar-refractivity contribution in [1.82, 2.24) is 4.98 Å². The van der Waals surface area contributed by atoms with E-state index in [9.17, 15) is 9.90 Å². The highest BCUT2D eigenvalue weighted by molar-refractivity contribution is 6.31. The Kier molecular flexibility index (Phi) is 3.92. The smallest absolute Gasteiger partial charge is 0.307 e. The molecule has 4 heteroatoms. The van der Waals surface area contributed by atoms with Gasteiger partial charge in [-0.2, -0.15) is 0 Å². The normalized spacial score (nSPS) is 13.5. The maximum Gasteiger partial charge on any atom is 0.307 e. The van der Waals surface area contributed by atoms with Crippen LogP contribution < -0.4 is 0 Å². The van der Waals surface area contributed by atoms with Gasteiger partial charge in [0.25, 0.3) is 0 Å². The Balaban J connectivity index is 2.94. The van der Waals surface area contributed by atoms with Crippen LogP contribution in [0, 0.1) is 11.3 Å². The van der Waals surface area contributed by atoms with Gasteiger partial charge in [-0.25, -0.2) is 0 Å². The van der Waals surface area contributed by atoms with Crippen LogP contribution in [-0.4, -0.2) is 16.1 Å². The number of carbonyl (C=O) groups is 1. The summed E-state index contributed by atoms with van der Waals surface area (Å²) >= 11 is 5.97. The molecule has 88 valence electrons. The molecule has 16 heavy (non-hydrogen) atoms. The molecule has 1 unspecified atom stereocenters. The van der Waals surface area contributed by atoms with Gasteiger partial charge in [-0.15, -0.1) is 0 Å². The van der Waals surface area contributed by atoms with Crippen LogP contribution in [0.1, 0.15) is 26.3 Å². The molecule has 0 bridgehead atoms. The molecule has 0 amide bonds. The third kappa shape index (κ3) is 3.20. The zero-order valence-electron chi connectivity index (χ0n) is 9.70. The Labute approximate surface area is 100 Å². The first kappa shape index (κ1) is 13.0. The van der Waals surface area contributed by atoms with E-state index in [1.54, 1.807) is 18.5 Å². The molecule has 0 aliphatic carbocycles. The Morgan fingerprint density at radius 2 is 2.19 bits per heavy atom. The van der Waals surface area contributed by atoms with Crippen LogP contribution in [0.25, 0.3) is 0 Å². The maximum atomic E-state index is 11.2. The van der Waals surface area contributed by atoms with Crippen molar-refractivity contribution in [2.75, 3.05) is 0 Å². The maximum absolute atomic E-state index is 11.2. The van der Waals surface area contributed by atoms with Crippen LogP contribution in [0.5, 0.6) is 0 Å². The summed E-state index contributed by atoms with van der Waals surface area (Å²) in [6, 6.07) is 1.77. The molecule has 1 atom stereocenters. The molecule has 1 rings (SSSR count). The fraction of sp³-hybridized carbons (Fsp3) is 0.500. The topological polar surface area (TPSA) is 50.2 Å². The van der Waals surface area contributed by atoms with Crippen LogP contribution in [-0.2, 0) is 11.2 Å².